The van der Waals surface area contributed by atoms with Crippen molar-refractivity contribution in [1.29, 1.82) is 0 Å². The van der Waals surface area contributed by atoms with Gasteiger partial charge in [-0.3, -0.25) is 4.79 Å². The van der Waals surface area contributed by atoms with Gasteiger partial charge in [0.15, 0.2) is 0 Å². The van der Waals surface area contributed by atoms with E-state index in [9.17, 15) is 9.59 Å². The number of rotatable bonds is 3. The van der Waals surface area contributed by atoms with Crippen LogP contribution in [0.1, 0.15) is 47.5 Å². The van der Waals surface area contributed by atoms with Gasteiger partial charge in [-0.05, 0) is 30.7 Å². The number of hydrogen-bond donors (Lipinski definition) is 1. The van der Waals surface area contributed by atoms with Crippen molar-refractivity contribution in [3.8, 4) is 0 Å². The molecule has 0 fully saturated rings. The molecule has 4 nitrogen and oxygen atoms in total. The number of anilines is 1. The summed E-state index contributed by atoms with van der Waals surface area (Å²) in [5.41, 5.74) is 1.64. The first kappa shape index (κ1) is 14.1. The van der Waals surface area contributed by atoms with Crippen molar-refractivity contribution in [2.75, 3.05) is 12.4 Å². The standard InChI is InChI=1S/C14H19NO3S/c1-4-9-5-6-10-11(7-9)19-13(15-8(2)16)12(10)14(17)18-3/h9H,4-7H2,1-3H3,(H,15,16)/t9-/m0/s1. The Balaban J connectivity index is 2.41. The van der Waals surface area contributed by atoms with E-state index in [1.165, 1.54) is 30.2 Å². The number of esters is 1. The van der Waals surface area contributed by atoms with Crippen LogP contribution in [0.5, 0.6) is 0 Å². The van der Waals surface area contributed by atoms with Gasteiger partial charge in [-0.1, -0.05) is 13.3 Å². The van der Waals surface area contributed by atoms with Crippen LogP contribution in [0.3, 0.4) is 0 Å². The van der Waals surface area contributed by atoms with Gasteiger partial charge in [0.2, 0.25) is 5.91 Å². The van der Waals surface area contributed by atoms with Crippen molar-refractivity contribution < 1.29 is 14.3 Å². The number of hydrogen-bond acceptors (Lipinski definition) is 4. The maximum absolute atomic E-state index is 11.9. The SMILES string of the molecule is CC[C@H]1CCc2c(sc(NC(C)=O)c2C(=O)OC)C1. The van der Waals surface area contributed by atoms with Crippen LogP contribution in [0.4, 0.5) is 5.00 Å². The molecule has 0 spiro atoms. The van der Waals surface area contributed by atoms with E-state index in [2.05, 4.69) is 12.2 Å². The number of carbonyl (C=O) groups is 2. The summed E-state index contributed by atoms with van der Waals surface area (Å²) < 4.78 is 4.85. The zero-order valence-electron chi connectivity index (χ0n) is 11.5. The Morgan fingerprint density at radius 2 is 2.21 bits per heavy atom. The van der Waals surface area contributed by atoms with Gasteiger partial charge in [0.05, 0.1) is 12.7 Å². The topological polar surface area (TPSA) is 55.4 Å². The molecule has 0 bridgehead atoms. The highest BCUT2D eigenvalue weighted by Crippen LogP contribution is 2.40. The number of thiophene rings is 1. The lowest BCUT2D eigenvalue weighted by molar-refractivity contribution is -0.114. The van der Waals surface area contributed by atoms with Crippen LogP contribution in [0, 0.1) is 5.92 Å². The third-order valence-electron chi connectivity index (χ3n) is 3.62. The Kier molecular flexibility index (Phi) is 4.24. The Bertz CT molecular complexity index is 507. The number of carbonyl (C=O) groups excluding carboxylic acids is 2. The lowest BCUT2D eigenvalue weighted by Gasteiger charge is -2.20. The summed E-state index contributed by atoms with van der Waals surface area (Å²) in [6.45, 7) is 3.65. The average molecular weight is 281 g/mol. The van der Waals surface area contributed by atoms with E-state index in [4.69, 9.17) is 4.74 Å². The fraction of sp³-hybridized carbons (Fsp3) is 0.571. The summed E-state index contributed by atoms with van der Waals surface area (Å²) in [5, 5.41) is 3.40. The lowest BCUT2D eigenvalue weighted by Crippen LogP contribution is -2.15. The molecule has 1 heterocycles. The van der Waals surface area contributed by atoms with E-state index >= 15 is 0 Å². The van der Waals surface area contributed by atoms with Crippen molar-refractivity contribution in [2.24, 2.45) is 5.92 Å². The molecule has 0 aliphatic heterocycles. The molecule has 1 aliphatic carbocycles. The summed E-state index contributed by atoms with van der Waals surface area (Å²) in [6, 6.07) is 0. The second kappa shape index (κ2) is 5.74. The highest BCUT2D eigenvalue weighted by Gasteiger charge is 2.29. The van der Waals surface area contributed by atoms with Gasteiger partial charge in [-0.2, -0.15) is 0 Å². The van der Waals surface area contributed by atoms with Crippen LogP contribution >= 0.6 is 11.3 Å². The predicted molar refractivity (Wildman–Crippen MR) is 75.8 cm³/mol. The van der Waals surface area contributed by atoms with Crippen molar-refractivity contribution in [3.05, 3.63) is 16.0 Å². The molecule has 1 aliphatic rings. The number of nitrogens with one attached hydrogen (secondary N) is 1. The predicted octanol–water partition coefficient (Wildman–Crippen LogP) is 3.01. The van der Waals surface area contributed by atoms with Crippen molar-refractivity contribution in [1.82, 2.24) is 0 Å². The third-order valence-corrected chi connectivity index (χ3v) is 4.79. The van der Waals surface area contributed by atoms with Crippen LogP contribution in [-0.4, -0.2) is 19.0 Å². The Morgan fingerprint density at radius 3 is 2.79 bits per heavy atom. The van der Waals surface area contributed by atoms with Gasteiger partial charge in [0, 0.05) is 11.8 Å². The molecule has 0 saturated carbocycles. The highest BCUT2D eigenvalue weighted by atomic mass is 32.1. The monoisotopic (exact) mass is 281 g/mol. The molecule has 1 amide bonds. The highest BCUT2D eigenvalue weighted by molar-refractivity contribution is 7.17. The molecule has 0 aromatic carbocycles. The van der Waals surface area contributed by atoms with E-state index in [0.717, 1.165) is 31.2 Å². The summed E-state index contributed by atoms with van der Waals surface area (Å²) >= 11 is 1.52. The zero-order chi connectivity index (χ0) is 14.0. The molecule has 2 rings (SSSR count). The first-order valence-electron chi connectivity index (χ1n) is 6.57. The molecule has 0 unspecified atom stereocenters. The third kappa shape index (κ3) is 2.81. The molecule has 1 N–H and O–H groups in total. The minimum absolute atomic E-state index is 0.157. The van der Waals surface area contributed by atoms with Crippen LogP contribution in [-0.2, 0) is 22.4 Å². The minimum atomic E-state index is -0.351. The van der Waals surface area contributed by atoms with Crippen molar-refractivity contribution >= 4 is 28.2 Å². The molecule has 0 radical (unpaired) electrons. The van der Waals surface area contributed by atoms with Crippen LogP contribution in [0.25, 0.3) is 0 Å². The molecule has 104 valence electrons. The minimum Gasteiger partial charge on any atom is -0.465 e. The summed E-state index contributed by atoms with van der Waals surface area (Å²) in [6.07, 6.45) is 4.15. The van der Waals surface area contributed by atoms with E-state index < -0.39 is 0 Å². The Hall–Kier alpha value is -1.36. The van der Waals surface area contributed by atoms with Gasteiger partial charge >= 0.3 is 5.97 Å². The van der Waals surface area contributed by atoms with E-state index in [-0.39, 0.29) is 11.9 Å². The normalized spacial score (nSPS) is 17.7. The molecule has 0 saturated heterocycles. The second-order valence-corrected chi connectivity index (χ2v) is 6.00. The first-order chi connectivity index (χ1) is 9.06. The molecule has 19 heavy (non-hydrogen) atoms. The molecule has 1 atom stereocenters. The van der Waals surface area contributed by atoms with E-state index in [1.54, 1.807) is 0 Å². The molecular formula is C14H19NO3S. The summed E-state index contributed by atoms with van der Waals surface area (Å²) in [7, 11) is 1.38. The number of methoxy groups -OCH3 is 1. The van der Waals surface area contributed by atoms with Crippen molar-refractivity contribution in [2.45, 2.75) is 39.5 Å². The van der Waals surface area contributed by atoms with Gasteiger partial charge in [0.25, 0.3) is 0 Å². The lowest BCUT2D eigenvalue weighted by atomic mass is 9.86. The fourth-order valence-corrected chi connectivity index (χ4v) is 3.96. The van der Waals surface area contributed by atoms with Gasteiger partial charge < -0.3 is 10.1 Å². The second-order valence-electron chi connectivity index (χ2n) is 4.90. The summed E-state index contributed by atoms with van der Waals surface area (Å²) in [4.78, 5) is 24.4. The number of amides is 1. The largest absolute Gasteiger partial charge is 0.465 e. The Labute approximate surface area is 117 Å². The smallest absolute Gasteiger partial charge is 0.341 e. The molecular weight excluding hydrogens is 262 g/mol. The van der Waals surface area contributed by atoms with Crippen LogP contribution < -0.4 is 5.32 Å². The first-order valence-corrected chi connectivity index (χ1v) is 7.38. The molecule has 1 aromatic heterocycles. The van der Waals surface area contributed by atoms with Crippen LogP contribution in [0.15, 0.2) is 0 Å². The number of fused-ring (bicyclic) bond motifs is 1. The molecule has 1 aromatic rings. The van der Waals surface area contributed by atoms with Crippen molar-refractivity contribution in [3.63, 3.8) is 0 Å². The fourth-order valence-electron chi connectivity index (χ4n) is 2.57. The van der Waals surface area contributed by atoms with E-state index in [1.807, 2.05) is 0 Å². The maximum atomic E-state index is 11.9. The average Bonchev–Trinajstić information content (AvgIpc) is 2.73. The van der Waals surface area contributed by atoms with Crippen LogP contribution in [0.2, 0.25) is 0 Å². The van der Waals surface area contributed by atoms with E-state index in [0.29, 0.717) is 16.5 Å². The summed E-state index contributed by atoms with van der Waals surface area (Å²) in [5.74, 6) is 0.175. The quantitative estimate of drug-likeness (QED) is 0.866. The number of ether oxygens (including phenoxy) is 1. The van der Waals surface area contributed by atoms with Gasteiger partial charge in [0.1, 0.15) is 5.00 Å². The zero-order valence-corrected chi connectivity index (χ0v) is 12.4. The van der Waals surface area contributed by atoms with Gasteiger partial charge in [-0.25, -0.2) is 4.79 Å². The maximum Gasteiger partial charge on any atom is 0.341 e. The molecule has 5 heteroatoms. The van der Waals surface area contributed by atoms with Gasteiger partial charge in [-0.15, -0.1) is 11.3 Å². The Morgan fingerprint density at radius 1 is 1.47 bits per heavy atom.